The molecule has 0 radical (unpaired) electrons. The molecule has 24 heavy (non-hydrogen) atoms. The Morgan fingerprint density at radius 1 is 1.12 bits per heavy atom. The van der Waals surface area contributed by atoms with Crippen molar-refractivity contribution in [2.24, 2.45) is 0 Å². The highest BCUT2D eigenvalue weighted by atomic mass is 32.2. The van der Waals surface area contributed by atoms with Crippen LogP contribution in [0.5, 0.6) is 0 Å². The zero-order valence-electron chi connectivity index (χ0n) is 13.1. The average Bonchev–Trinajstić information content (AvgIpc) is 3.02. The van der Waals surface area contributed by atoms with E-state index >= 15 is 0 Å². The number of hydrogen-bond donors (Lipinski definition) is 0. The Morgan fingerprint density at radius 2 is 1.88 bits per heavy atom. The number of aromatic nitrogens is 2. The van der Waals surface area contributed by atoms with Crippen molar-refractivity contribution in [3.63, 3.8) is 0 Å². The van der Waals surface area contributed by atoms with E-state index in [9.17, 15) is 13.2 Å². The summed E-state index contributed by atoms with van der Waals surface area (Å²) in [5.74, 6) is -0.170. The molecule has 0 N–H and O–H groups in total. The number of ketones is 1. The van der Waals surface area contributed by atoms with E-state index in [1.165, 1.54) is 30.4 Å². The molecule has 1 heterocycles. The van der Waals surface area contributed by atoms with E-state index in [4.69, 9.17) is 0 Å². The molecule has 0 saturated heterocycles. The van der Waals surface area contributed by atoms with E-state index in [1.807, 2.05) is 18.2 Å². The van der Waals surface area contributed by atoms with Crippen molar-refractivity contribution in [1.82, 2.24) is 13.1 Å². The summed E-state index contributed by atoms with van der Waals surface area (Å²) in [4.78, 5) is 11.6. The van der Waals surface area contributed by atoms with Gasteiger partial charge in [-0.05, 0) is 36.8 Å². The van der Waals surface area contributed by atoms with E-state index in [1.54, 1.807) is 12.1 Å². The maximum absolute atomic E-state index is 12.7. The fraction of sp³-hybridized carbons (Fsp3) is 0.188. The van der Waals surface area contributed by atoms with Gasteiger partial charge in [-0.25, -0.2) is 8.42 Å². The van der Waals surface area contributed by atoms with Crippen LogP contribution in [-0.4, -0.2) is 34.3 Å². The lowest BCUT2D eigenvalue weighted by molar-refractivity contribution is 0.101. The molecule has 0 atom stereocenters. The molecule has 0 aliphatic carbocycles. The molecule has 2 aromatic carbocycles. The third-order valence-corrected chi connectivity index (χ3v) is 6.03. The Labute approximate surface area is 144 Å². The Kier molecular flexibility index (Phi) is 4.44. The maximum Gasteiger partial charge on any atom is 0.243 e. The first-order valence-corrected chi connectivity index (χ1v) is 9.33. The van der Waals surface area contributed by atoms with Gasteiger partial charge in [-0.3, -0.25) is 4.79 Å². The van der Waals surface area contributed by atoms with Crippen LogP contribution >= 0.6 is 11.7 Å². The molecule has 124 valence electrons. The SMILES string of the molecule is CC(=O)c1cccc(S(=O)(=O)N(C)Cc2ccc3nsnc3c2)c1. The van der Waals surface area contributed by atoms with Crippen molar-refractivity contribution in [3.8, 4) is 0 Å². The fourth-order valence-corrected chi connectivity index (χ4v) is 4.05. The number of hydrogen-bond acceptors (Lipinski definition) is 6. The van der Waals surface area contributed by atoms with Crippen molar-refractivity contribution in [2.75, 3.05) is 7.05 Å². The number of benzene rings is 2. The maximum atomic E-state index is 12.7. The summed E-state index contributed by atoms with van der Waals surface area (Å²) >= 11 is 1.12. The highest BCUT2D eigenvalue weighted by Crippen LogP contribution is 2.20. The molecule has 0 bridgehead atoms. The van der Waals surface area contributed by atoms with Gasteiger partial charge in [0.15, 0.2) is 5.78 Å². The lowest BCUT2D eigenvalue weighted by Gasteiger charge is -2.17. The molecule has 0 aliphatic rings. The molecule has 1 aromatic heterocycles. The van der Waals surface area contributed by atoms with Crippen molar-refractivity contribution >= 4 is 38.6 Å². The number of rotatable bonds is 5. The van der Waals surface area contributed by atoms with Gasteiger partial charge in [0.05, 0.1) is 16.6 Å². The molecule has 0 unspecified atom stereocenters. The number of carbonyl (C=O) groups is 1. The first-order valence-electron chi connectivity index (χ1n) is 7.16. The van der Waals surface area contributed by atoms with Crippen LogP contribution in [0, 0.1) is 0 Å². The van der Waals surface area contributed by atoms with Crippen LogP contribution in [0.3, 0.4) is 0 Å². The van der Waals surface area contributed by atoms with E-state index in [0.717, 1.165) is 28.3 Å². The molecule has 0 spiro atoms. The van der Waals surface area contributed by atoms with Gasteiger partial charge >= 0.3 is 0 Å². The van der Waals surface area contributed by atoms with E-state index in [-0.39, 0.29) is 17.2 Å². The van der Waals surface area contributed by atoms with Crippen LogP contribution in [0.1, 0.15) is 22.8 Å². The third-order valence-electron chi connectivity index (χ3n) is 3.67. The highest BCUT2D eigenvalue weighted by Gasteiger charge is 2.22. The number of nitrogens with zero attached hydrogens (tertiary/aromatic N) is 3. The van der Waals surface area contributed by atoms with E-state index in [2.05, 4.69) is 8.75 Å². The molecular weight excluding hydrogens is 346 g/mol. The number of fused-ring (bicyclic) bond motifs is 1. The summed E-state index contributed by atoms with van der Waals surface area (Å²) in [5.41, 5.74) is 2.74. The topological polar surface area (TPSA) is 80.2 Å². The first-order chi connectivity index (χ1) is 11.4. The minimum Gasteiger partial charge on any atom is -0.295 e. The minimum atomic E-state index is -3.69. The van der Waals surface area contributed by atoms with Crippen LogP contribution in [-0.2, 0) is 16.6 Å². The zero-order valence-corrected chi connectivity index (χ0v) is 14.8. The van der Waals surface area contributed by atoms with Gasteiger partial charge in [-0.15, -0.1) is 0 Å². The minimum absolute atomic E-state index is 0.106. The summed E-state index contributed by atoms with van der Waals surface area (Å²) in [7, 11) is -2.17. The quantitative estimate of drug-likeness (QED) is 0.653. The van der Waals surface area contributed by atoms with Crippen LogP contribution in [0.25, 0.3) is 11.0 Å². The molecule has 8 heteroatoms. The predicted octanol–water partition coefficient (Wildman–Crippen LogP) is 2.71. The molecule has 6 nitrogen and oxygen atoms in total. The van der Waals surface area contributed by atoms with Crippen LogP contribution in [0.15, 0.2) is 47.4 Å². The second-order valence-electron chi connectivity index (χ2n) is 5.43. The monoisotopic (exact) mass is 361 g/mol. The van der Waals surface area contributed by atoms with Crippen molar-refractivity contribution < 1.29 is 13.2 Å². The molecule has 3 rings (SSSR count). The van der Waals surface area contributed by atoms with Gasteiger partial charge < -0.3 is 0 Å². The number of sulfonamides is 1. The van der Waals surface area contributed by atoms with Crippen molar-refractivity contribution in [3.05, 3.63) is 53.6 Å². The fourth-order valence-electron chi connectivity index (χ4n) is 2.32. The number of carbonyl (C=O) groups excluding carboxylic acids is 1. The molecule has 0 saturated carbocycles. The van der Waals surface area contributed by atoms with E-state index in [0.29, 0.717) is 5.56 Å². The van der Waals surface area contributed by atoms with Gasteiger partial charge in [-0.2, -0.15) is 13.1 Å². The van der Waals surface area contributed by atoms with Crippen LogP contribution in [0.4, 0.5) is 0 Å². The molecule has 0 amide bonds. The summed E-state index contributed by atoms with van der Waals surface area (Å²) in [6, 6.07) is 11.6. The molecule has 0 aliphatic heterocycles. The second kappa shape index (κ2) is 6.39. The Balaban J connectivity index is 1.88. The van der Waals surface area contributed by atoms with Gasteiger partial charge in [0, 0.05) is 19.2 Å². The van der Waals surface area contributed by atoms with Crippen molar-refractivity contribution in [2.45, 2.75) is 18.4 Å². The van der Waals surface area contributed by atoms with Gasteiger partial charge in [0.25, 0.3) is 0 Å². The van der Waals surface area contributed by atoms with Gasteiger partial charge in [0.2, 0.25) is 10.0 Å². The van der Waals surface area contributed by atoms with Crippen LogP contribution in [0.2, 0.25) is 0 Å². The summed E-state index contributed by atoms with van der Waals surface area (Å²) in [5, 5.41) is 0. The molecular formula is C16H15N3O3S2. The first kappa shape index (κ1) is 16.7. The smallest absolute Gasteiger partial charge is 0.243 e. The Hall–Kier alpha value is -2.16. The van der Waals surface area contributed by atoms with Crippen molar-refractivity contribution in [1.29, 1.82) is 0 Å². The standard InChI is InChI=1S/C16H15N3O3S2/c1-11(20)13-4-3-5-14(9-13)24(21,22)19(2)10-12-6-7-15-16(8-12)18-23-17-15/h3-9H,10H2,1-2H3. The average molecular weight is 361 g/mol. The summed E-state index contributed by atoms with van der Waals surface area (Å²) in [6.45, 7) is 1.62. The highest BCUT2D eigenvalue weighted by molar-refractivity contribution is 7.89. The predicted molar refractivity (Wildman–Crippen MR) is 92.5 cm³/mol. The second-order valence-corrected chi connectivity index (χ2v) is 8.01. The normalized spacial score (nSPS) is 12.0. The zero-order chi connectivity index (χ0) is 17.3. The van der Waals surface area contributed by atoms with Gasteiger partial charge in [-0.1, -0.05) is 18.2 Å². The summed E-state index contributed by atoms with van der Waals surface area (Å²) in [6.07, 6.45) is 0. The number of Topliss-reactive ketones (excluding diaryl/α,β-unsaturated/α-hetero) is 1. The Morgan fingerprint density at radius 3 is 2.62 bits per heavy atom. The molecule has 0 fully saturated rings. The third kappa shape index (κ3) is 3.21. The molecule has 3 aromatic rings. The lowest BCUT2D eigenvalue weighted by atomic mass is 10.2. The lowest BCUT2D eigenvalue weighted by Crippen LogP contribution is -2.26. The van der Waals surface area contributed by atoms with Crippen LogP contribution < -0.4 is 0 Å². The van der Waals surface area contributed by atoms with Gasteiger partial charge in [0.1, 0.15) is 11.0 Å². The van der Waals surface area contributed by atoms with E-state index < -0.39 is 10.0 Å². The summed E-state index contributed by atoms with van der Waals surface area (Å²) < 4.78 is 35.0. The largest absolute Gasteiger partial charge is 0.295 e. The Bertz CT molecular complexity index is 1010.